The van der Waals surface area contributed by atoms with Gasteiger partial charge in [0.15, 0.2) is 5.82 Å². The number of anilines is 3. The van der Waals surface area contributed by atoms with Crippen LogP contribution >= 0.6 is 0 Å². The molecule has 2 aromatic rings. The van der Waals surface area contributed by atoms with Crippen LogP contribution in [0, 0.1) is 13.8 Å². The molecule has 0 atom stereocenters. The number of benzene rings is 1. The zero-order valence-electron chi connectivity index (χ0n) is 16.6. The third-order valence-electron chi connectivity index (χ3n) is 5.94. The summed E-state index contributed by atoms with van der Waals surface area (Å²) in [4.78, 5) is 12.0. The summed E-state index contributed by atoms with van der Waals surface area (Å²) in [7, 11) is 0. The van der Waals surface area contributed by atoms with Crippen LogP contribution in [0.1, 0.15) is 36.8 Å². The van der Waals surface area contributed by atoms with Gasteiger partial charge in [0.05, 0.1) is 6.20 Å². The Balaban J connectivity index is 1.43. The molecule has 1 aromatic heterocycles. The van der Waals surface area contributed by atoms with Gasteiger partial charge in [-0.25, -0.2) is 0 Å². The quantitative estimate of drug-likeness (QED) is 0.831. The van der Waals surface area contributed by atoms with E-state index in [0.717, 1.165) is 51.0 Å². The fraction of sp³-hybridized carbons (Fsp3) is 0.571. The van der Waals surface area contributed by atoms with E-state index >= 15 is 0 Å². The molecule has 0 spiro atoms. The van der Waals surface area contributed by atoms with Crippen molar-refractivity contribution in [3.63, 3.8) is 0 Å². The first-order chi connectivity index (χ1) is 13.2. The Morgan fingerprint density at radius 2 is 1.48 bits per heavy atom. The molecule has 2 fully saturated rings. The molecule has 0 radical (unpaired) electrons. The van der Waals surface area contributed by atoms with E-state index in [1.54, 1.807) is 0 Å². The second-order valence-corrected chi connectivity index (χ2v) is 7.71. The van der Waals surface area contributed by atoms with Gasteiger partial charge in [0.1, 0.15) is 0 Å². The largest absolute Gasteiger partial charge is 0.368 e. The zero-order valence-corrected chi connectivity index (χ0v) is 16.6. The summed E-state index contributed by atoms with van der Waals surface area (Å²) in [5.74, 6) is 1.76. The van der Waals surface area contributed by atoms with Crippen molar-refractivity contribution in [2.45, 2.75) is 39.5 Å². The van der Waals surface area contributed by atoms with E-state index < -0.39 is 0 Å². The standard InChI is InChI=1S/C21H30N6/c1-17-8-7-9-19(18(17)2)25-12-14-27(15-13-25)21-23-20(16-22-24-21)26-10-5-3-4-6-11-26/h7-9,16H,3-6,10-15H2,1-2H3. The van der Waals surface area contributed by atoms with Crippen LogP contribution in [0.2, 0.25) is 0 Å². The van der Waals surface area contributed by atoms with Crippen LogP contribution < -0.4 is 14.7 Å². The van der Waals surface area contributed by atoms with Gasteiger partial charge in [0.25, 0.3) is 0 Å². The molecular formula is C21H30N6. The molecule has 27 heavy (non-hydrogen) atoms. The van der Waals surface area contributed by atoms with Crippen molar-refractivity contribution in [1.82, 2.24) is 15.2 Å². The van der Waals surface area contributed by atoms with Crippen LogP contribution in [0.25, 0.3) is 0 Å². The third-order valence-corrected chi connectivity index (χ3v) is 5.94. The molecule has 2 aliphatic heterocycles. The maximum Gasteiger partial charge on any atom is 0.247 e. The van der Waals surface area contributed by atoms with Crippen molar-refractivity contribution in [3.8, 4) is 0 Å². The van der Waals surface area contributed by atoms with E-state index in [0.29, 0.717) is 0 Å². The van der Waals surface area contributed by atoms with Crippen LogP contribution in [0.5, 0.6) is 0 Å². The molecular weight excluding hydrogens is 336 g/mol. The molecule has 0 unspecified atom stereocenters. The SMILES string of the molecule is Cc1cccc(N2CCN(c3nncc(N4CCCCCC4)n3)CC2)c1C. The van der Waals surface area contributed by atoms with Gasteiger partial charge in [-0.2, -0.15) is 10.1 Å². The smallest absolute Gasteiger partial charge is 0.247 e. The number of nitrogens with zero attached hydrogens (tertiary/aromatic N) is 6. The second kappa shape index (κ2) is 8.11. The molecule has 2 aliphatic rings. The fourth-order valence-corrected chi connectivity index (χ4v) is 4.10. The van der Waals surface area contributed by atoms with Gasteiger partial charge in [-0.05, 0) is 43.9 Å². The summed E-state index contributed by atoms with van der Waals surface area (Å²) in [5.41, 5.74) is 4.09. The van der Waals surface area contributed by atoms with Crippen LogP contribution in [0.4, 0.5) is 17.5 Å². The Labute approximate surface area is 162 Å². The van der Waals surface area contributed by atoms with Gasteiger partial charge < -0.3 is 14.7 Å². The lowest BCUT2D eigenvalue weighted by Crippen LogP contribution is -2.47. The average Bonchev–Trinajstić information content (AvgIpc) is 3.00. The molecule has 6 nitrogen and oxygen atoms in total. The van der Waals surface area contributed by atoms with Crippen LogP contribution in [-0.4, -0.2) is 54.4 Å². The molecule has 144 valence electrons. The number of hydrogen-bond acceptors (Lipinski definition) is 6. The van der Waals surface area contributed by atoms with Gasteiger partial charge in [0.2, 0.25) is 5.95 Å². The van der Waals surface area contributed by atoms with Crippen molar-refractivity contribution in [2.24, 2.45) is 0 Å². The highest BCUT2D eigenvalue weighted by Crippen LogP contribution is 2.25. The van der Waals surface area contributed by atoms with Crippen LogP contribution in [-0.2, 0) is 0 Å². The topological polar surface area (TPSA) is 48.4 Å². The van der Waals surface area contributed by atoms with Crippen molar-refractivity contribution in [1.29, 1.82) is 0 Å². The predicted octanol–water partition coefficient (Wildman–Crippen LogP) is 3.20. The van der Waals surface area contributed by atoms with Crippen LogP contribution in [0.15, 0.2) is 24.4 Å². The van der Waals surface area contributed by atoms with E-state index in [1.807, 2.05) is 6.20 Å². The van der Waals surface area contributed by atoms with E-state index in [-0.39, 0.29) is 0 Å². The van der Waals surface area contributed by atoms with Crippen molar-refractivity contribution >= 4 is 17.5 Å². The summed E-state index contributed by atoms with van der Waals surface area (Å²) in [6.45, 7) is 10.4. The van der Waals surface area contributed by atoms with Crippen molar-refractivity contribution in [3.05, 3.63) is 35.5 Å². The van der Waals surface area contributed by atoms with Gasteiger partial charge in [-0.15, -0.1) is 5.10 Å². The summed E-state index contributed by atoms with van der Waals surface area (Å²) >= 11 is 0. The average molecular weight is 367 g/mol. The fourth-order valence-electron chi connectivity index (χ4n) is 4.10. The molecule has 4 rings (SSSR count). The van der Waals surface area contributed by atoms with Crippen molar-refractivity contribution in [2.75, 3.05) is 54.0 Å². The number of rotatable bonds is 3. The number of aryl methyl sites for hydroxylation is 1. The summed E-state index contributed by atoms with van der Waals surface area (Å²) < 4.78 is 0. The van der Waals surface area contributed by atoms with E-state index in [4.69, 9.17) is 4.98 Å². The Morgan fingerprint density at radius 1 is 0.778 bits per heavy atom. The van der Waals surface area contributed by atoms with Crippen LogP contribution in [0.3, 0.4) is 0 Å². The van der Waals surface area contributed by atoms with E-state index in [9.17, 15) is 0 Å². The lowest BCUT2D eigenvalue weighted by molar-refractivity contribution is 0.632. The molecule has 1 aromatic carbocycles. The molecule has 2 saturated heterocycles. The minimum atomic E-state index is 0.775. The predicted molar refractivity (Wildman–Crippen MR) is 111 cm³/mol. The monoisotopic (exact) mass is 366 g/mol. The Kier molecular flexibility index (Phi) is 5.41. The first kappa shape index (κ1) is 18.0. The molecule has 0 N–H and O–H groups in total. The highest BCUT2D eigenvalue weighted by molar-refractivity contribution is 5.57. The lowest BCUT2D eigenvalue weighted by atomic mass is 10.1. The van der Waals surface area contributed by atoms with E-state index in [2.05, 4.69) is 56.9 Å². The third kappa shape index (κ3) is 3.99. The molecule has 0 aliphatic carbocycles. The summed E-state index contributed by atoms with van der Waals surface area (Å²) in [6.07, 6.45) is 6.95. The highest BCUT2D eigenvalue weighted by Gasteiger charge is 2.22. The summed E-state index contributed by atoms with van der Waals surface area (Å²) in [6, 6.07) is 6.57. The number of piperazine rings is 1. The molecule has 6 heteroatoms. The summed E-state index contributed by atoms with van der Waals surface area (Å²) in [5, 5.41) is 8.59. The maximum absolute atomic E-state index is 4.85. The normalized spacial score (nSPS) is 18.5. The number of hydrogen-bond donors (Lipinski definition) is 0. The zero-order chi connectivity index (χ0) is 18.6. The minimum absolute atomic E-state index is 0.775. The Hall–Kier alpha value is -2.37. The first-order valence-corrected chi connectivity index (χ1v) is 10.2. The maximum atomic E-state index is 4.85. The molecule has 0 saturated carbocycles. The van der Waals surface area contributed by atoms with Gasteiger partial charge in [0, 0.05) is 45.0 Å². The highest BCUT2D eigenvalue weighted by atomic mass is 15.4. The van der Waals surface area contributed by atoms with Gasteiger partial charge >= 0.3 is 0 Å². The second-order valence-electron chi connectivity index (χ2n) is 7.71. The molecule has 0 amide bonds. The Bertz CT molecular complexity index is 761. The van der Waals surface area contributed by atoms with Gasteiger partial charge in [-0.3, -0.25) is 0 Å². The molecule has 3 heterocycles. The van der Waals surface area contributed by atoms with E-state index in [1.165, 1.54) is 42.5 Å². The molecule has 0 bridgehead atoms. The lowest BCUT2D eigenvalue weighted by Gasteiger charge is -2.37. The minimum Gasteiger partial charge on any atom is -0.368 e. The Morgan fingerprint density at radius 3 is 2.22 bits per heavy atom. The van der Waals surface area contributed by atoms with Crippen molar-refractivity contribution < 1.29 is 0 Å². The number of aromatic nitrogens is 3. The first-order valence-electron chi connectivity index (χ1n) is 10.2. The van der Waals surface area contributed by atoms with Gasteiger partial charge in [-0.1, -0.05) is 25.0 Å².